The Morgan fingerprint density at radius 1 is 1.06 bits per heavy atom. The van der Waals surface area contributed by atoms with Crippen molar-refractivity contribution >= 4 is 40.0 Å². The third kappa shape index (κ3) is 5.58. The second-order valence-electron chi connectivity index (χ2n) is 6.12. The number of hydrogen-bond donors (Lipinski definition) is 1. The van der Waals surface area contributed by atoms with E-state index in [-0.39, 0.29) is 27.7 Å². The summed E-state index contributed by atoms with van der Waals surface area (Å²) in [5.74, 6) is -0.559. The summed E-state index contributed by atoms with van der Waals surface area (Å²) in [4.78, 5) is 10.5. The fraction of sp³-hybridized carbons (Fsp3) is 0.0476. The van der Waals surface area contributed by atoms with E-state index < -0.39 is 17.3 Å². The number of pyridine rings is 1. The molecule has 0 saturated heterocycles. The molecule has 3 aromatic rings. The molecule has 0 aliphatic rings. The molecule has 1 N–H and O–H groups in total. The predicted molar refractivity (Wildman–Crippen MR) is 112 cm³/mol. The number of thiocarbonyl (C=S) groups is 1. The highest BCUT2D eigenvalue weighted by Gasteiger charge is 2.19. The van der Waals surface area contributed by atoms with Gasteiger partial charge >= 0.3 is 6.61 Å². The molecule has 1 heterocycles. The average molecular weight is 443 g/mol. The van der Waals surface area contributed by atoms with Gasteiger partial charge in [-0.2, -0.15) is 13.3 Å². The van der Waals surface area contributed by atoms with E-state index in [0.29, 0.717) is 5.69 Å². The maximum Gasteiger partial charge on any atom is 0.387 e. The standard InChI is InChI=1S/C21H15F2N3O4S/c22-21(23)30-17-9-7-15(8-10-17)24-20(31)18(25-11-2-1-3-12-25)19(27)14-5-4-6-16(13-14)26(28)29/h1-13,21H,(H-,24,27,31). The van der Waals surface area contributed by atoms with Gasteiger partial charge in [0, 0.05) is 30.0 Å². The van der Waals surface area contributed by atoms with Crippen LogP contribution in [0.5, 0.6) is 5.75 Å². The fourth-order valence-electron chi connectivity index (χ4n) is 2.69. The number of non-ortho nitro benzene ring substituents is 1. The maximum absolute atomic E-state index is 13.2. The molecule has 0 spiro atoms. The van der Waals surface area contributed by atoms with E-state index in [4.69, 9.17) is 12.2 Å². The molecule has 0 bridgehead atoms. The van der Waals surface area contributed by atoms with E-state index in [1.54, 1.807) is 30.6 Å². The van der Waals surface area contributed by atoms with Crippen molar-refractivity contribution in [2.24, 2.45) is 0 Å². The van der Waals surface area contributed by atoms with Gasteiger partial charge in [0.25, 0.3) is 5.69 Å². The third-order valence-electron chi connectivity index (χ3n) is 4.06. The Bertz CT molecular complexity index is 1120. The summed E-state index contributed by atoms with van der Waals surface area (Å²) in [5, 5.41) is 27.2. The first kappa shape index (κ1) is 21.8. The largest absolute Gasteiger partial charge is 0.867 e. The number of halogens is 2. The Morgan fingerprint density at radius 2 is 1.74 bits per heavy atom. The zero-order valence-electron chi connectivity index (χ0n) is 15.8. The number of alkyl halides is 2. The van der Waals surface area contributed by atoms with Crippen molar-refractivity contribution in [3.05, 3.63) is 94.8 Å². The van der Waals surface area contributed by atoms with Crippen LogP contribution in [0.2, 0.25) is 0 Å². The van der Waals surface area contributed by atoms with E-state index in [1.165, 1.54) is 53.1 Å². The molecule has 0 atom stereocenters. The van der Waals surface area contributed by atoms with E-state index in [9.17, 15) is 24.0 Å². The molecule has 0 amide bonds. The quantitative estimate of drug-likeness (QED) is 0.150. The first-order valence-corrected chi connectivity index (χ1v) is 9.25. The van der Waals surface area contributed by atoms with Crippen LogP contribution < -0.4 is 19.7 Å². The van der Waals surface area contributed by atoms with Gasteiger partial charge in [0.15, 0.2) is 17.4 Å². The molecular formula is C21H15F2N3O4S. The van der Waals surface area contributed by atoms with Crippen LogP contribution in [0.15, 0.2) is 79.1 Å². The second-order valence-corrected chi connectivity index (χ2v) is 6.53. The average Bonchev–Trinajstić information content (AvgIpc) is 2.75. The predicted octanol–water partition coefficient (Wildman–Crippen LogP) is 3.61. The summed E-state index contributed by atoms with van der Waals surface area (Å²) >= 11 is 5.43. The molecule has 10 heteroatoms. The third-order valence-corrected chi connectivity index (χ3v) is 4.36. The molecule has 0 radical (unpaired) electrons. The Labute approximate surface area is 181 Å². The van der Waals surface area contributed by atoms with Gasteiger partial charge < -0.3 is 15.2 Å². The molecular weight excluding hydrogens is 428 g/mol. The summed E-state index contributed by atoms with van der Waals surface area (Å²) in [6.07, 6.45) is 3.22. The van der Waals surface area contributed by atoms with Gasteiger partial charge in [-0.3, -0.25) is 10.1 Å². The van der Waals surface area contributed by atoms with Gasteiger partial charge in [-0.1, -0.05) is 30.4 Å². The lowest BCUT2D eigenvalue weighted by Gasteiger charge is -2.17. The van der Waals surface area contributed by atoms with Crippen LogP contribution in [-0.4, -0.2) is 16.5 Å². The van der Waals surface area contributed by atoms with Crippen molar-refractivity contribution < 1.29 is 28.1 Å². The topological polar surface area (TPSA) is 91.3 Å². The number of rotatable bonds is 7. The van der Waals surface area contributed by atoms with Crippen LogP contribution in [0.4, 0.5) is 20.2 Å². The van der Waals surface area contributed by atoms with Gasteiger partial charge in [-0.15, -0.1) is 0 Å². The molecule has 0 aliphatic carbocycles. The summed E-state index contributed by atoms with van der Waals surface area (Å²) < 4.78 is 30.4. The van der Waals surface area contributed by atoms with Crippen molar-refractivity contribution in [1.82, 2.24) is 0 Å². The van der Waals surface area contributed by atoms with Crippen LogP contribution in [0, 0.1) is 10.1 Å². The number of benzene rings is 2. The molecule has 158 valence electrons. The summed E-state index contributed by atoms with van der Waals surface area (Å²) in [6, 6.07) is 16.1. The van der Waals surface area contributed by atoms with E-state index in [1.807, 2.05) is 0 Å². The first-order valence-electron chi connectivity index (χ1n) is 8.84. The highest BCUT2D eigenvalue weighted by Crippen LogP contribution is 2.22. The molecule has 3 rings (SSSR count). The maximum atomic E-state index is 13.2. The van der Waals surface area contributed by atoms with Crippen molar-refractivity contribution in [3.63, 3.8) is 0 Å². The number of anilines is 1. The number of nitro groups is 1. The lowest BCUT2D eigenvalue weighted by Crippen LogP contribution is -2.39. The van der Waals surface area contributed by atoms with E-state index in [2.05, 4.69) is 10.1 Å². The number of hydrogen-bond acceptors (Lipinski definition) is 5. The molecule has 0 aliphatic heterocycles. The van der Waals surface area contributed by atoms with Crippen molar-refractivity contribution in [2.75, 3.05) is 5.32 Å². The van der Waals surface area contributed by atoms with Crippen LogP contribution >= 0.6 is 12.2 Å². The van der Waals surface area contributed by atoms with Gasteiger partial charge in [0.2, 0.25) is 5.70 Å². The minimum atomic E-state index is -2.94. The van der Waals surface area contributed by atoms with Crippen molar-refractivity contribution in [2.45, 2.75) is 6.61 Å². The fourth-order valence-corrected chi connectivity index (χ4v) is 3.01. The Morgan fingerprint density at radius 3 is 2.35 bits per heavy atom. The zero-order valence-corrected chi connectivity index (χ0v) is 16.6. The molecule has 2 aromatic carbocycles. The summed E-state index contributed by atoms with van der Waals surface area (Å²) in [7, 11) is 0. The minimum absolute atomic E-state index is 0.0271. The number of nitrogens with zero attached hydrogens (tertiary/aromatic N) is 2. The van der Waals surface area contributed by atoms with Gasteiger partial charge in [0.1, 0.15) is 5.75 Å². The number of ether oxygens (including phenoxy) is 1. The van der Waals surface area contributed by atoms with Crippen LogP contribution in [0.25, 0.3) is 11.5 Å². The van der Waals surface area contributed by atoms with E-state index in [0.717, 1.165) is 0 Å². The second kappa shape index (κ2) is 9.72. The molecule has 0 saturated carbocycles. The summed E-state index contributed by atoms with van der Waals surface area (Å²) in [5.41, 5.74) is 0.360. The van der Waals surface area contributed by atoms with Crippen molar-refractivity contribution in [3.8, 4) is 5.75 Å². The van der Waals surface area contributed by atoms with Gasteiger partial charge in [0.05, 0.1) is 4.92 Å². The normalized spacial score (nSPS) is 11.6. The Kier molecular flexibility index (Phi) is 6.83. The SMILES string of the molecule is O=[N+]([O-])c1cccc(/C([O-])=C(/C(=S)Nc2ccc(OC(F)F)cc2)[n+]2ccccc2)c1. The molecule has 0 fully saturated rings. The number of nitro benzene ring substituents is 1. The molecule has 0 unspecified atom stereocenters. The lowest BCUT2D eigenvalue weighted by atomic mass is 10.1. The van der Waals surface area contributed by atoms with Crippen LogP contribution in [0.3, 0.4) is 0 Å². The van der Waals surface area contributed by atoms with E-state index >= 15 is 0 Å². The van der Waals surface area contributed by atoms with Gasteiger partial charge in [-0.05, 0) is 35.6 Å². The highest BCUT2D eigenvalue weighted by atomic mass is 32.1. The monoisotopic (exact) mass is 443 g/mol. The summed E-state index contributed by atoms with van der Waals surface area (Å²) in [6.45, 7) is -2.94. The smallest absolute Gasteiger partial charge is 0.387 e. The van der Waals surface area contributed by atoms with Crippen molar-refractivity contribution in [1.29, 1.82) is 0 Å². The number of nitrogens with one attached hydrogen (secondary N) is 1. The van der Waals surface area contributed by atoms with Crippen LogP contribution in [-0.2, 0) is 0 Å². The molecule has 31 heavy (non-hydrogen) atoms. The minimum Gasteiger partial charge on any atom is -0.867 e. The van der Waals surface area contributed by atoms with Crippen LogP contribution in [0.1, 0.15) is 5.56 Å². The molecule has 1 aromatic heterocycles. The molecule has 7 nitrogen and oxygen atoms in total. The Hall–Kier alpha value is -3.92. The Balaban J connectivity index is 1.98. The van der Waals surface area contributed by atoms with Gasteiger partial charge in [-0.25, -0.2) is 0 Å². The highest BCUT2D eigenvalue weighted by molar-refractivity contribution is 7.81. The number of aromatic nitrogens is 1. The first-order chi connectivity index (χ1) is 14.8. The zero-order chi connectivity index (χ0) is 22.4. The lowest BCUT2D eigenvalue weighted by molar-refractivity contribution is -0.577.